The van der Waals surface area contributed by atoms with E-state index in [9.17, 15) is 0 Å². The van der Waals surface area contributed by atoms with Crippen LogP contribution in [0, 0.1) is 0 Å². The number of hydrogen-bond donors (Lipinski definition) is 0. The van der Waals surface area contributed by atoms with E-state index in [1.807, 2.05) is 29.5 Å². The number of benzene rings is 3. The normalized spacial score (nSPS) is 11.8. The van der Waals surface area contributed by atoms with Crippen LogP contribution in [0.25, 0.3) is 48.1 Å². The van der Waals surface area contributed by atoms with E-state index in [4.69, 9.17) is 9.72 Å². The Kier molecular flexibility index (Phi) is 3.25. The number of pyridine rings is 1. The van der Waals surface area contributed by atoms with Gasteiger partial charge in [0.1, 0.15) is 5.75 Å². The highest BCUT2D eigenvalue weighted by molar-refractivity contribution is 7.26. The minimum atomic E-state index is 0.859. The van der Waals surface area contributed by atoms with Crippen LogP contribution in [0.15, 0.2) is 78.9 Å². The summed E-state index contributed by atoms with van der Waals surface area (Å²) in [6.07, 6.45) is 0. The molecular weight excluding hydrogens is 364 g/mol. The average Bonchev–Trinajstić information content (AvgIpc) is 3.32. The maximum absolute atomic E-state index is 5.35. The summed E-state index contributed by atoms with van der Waals surface area (Å²) < 4.78 is 10.2. The van der Waals surface area contributed by atoms with Crippen LogP contribution in [0.5, 0.6) is 5.75 Å². The zero-order valence-corrected chi connectivity index (χ0v) is 16.0. The summed E-state index contributed by atoms with van der Waals surface area (Å²) in [5.41, 5.74) is 5.45. The number of para-hydroxylation sites is 2. The molecule has 0 N–H and O–H groups in total. The van der Waals surface area contributed by atoms with Gasteiger partial charge in [0.15, 0.2) is 5.65 Å². The first kappa shape index (κ1) is 15.7. The first-order valence-corrected chi connectivity index (χ1v) is 10.0. The van der Waals surface area contributed by atoms with Crippen LogP contribution in [0.3, 0.4) is 0 Å². The molecule has 6 rings (SSSR count). The first-order valence-electron chi connectivity index (χ1n) is 9.19. The van der Waals surface area contributed by atoms with E-state index in [1.165, 1.54) is 20.2 Å². The Labute approximate surface area is 165 Å². The molecule has 3 aromatic carbocycles. The minimum Gasteiger partial charge on any atom is -0.497 e. The summed E-state index contributed by atoms with van der Waals surface area (Å²) in [5.74, 6) is 0.859. The van der Waals surface area contributed by atoms with Crippen molar-refractivity contribution in [1.82, 2.24) is 9.38 Å². The third-order valence-electron chi connectivity index (χ3n) is 5.31. The third-order valence-corrected chi connectivity index (χ3v) is 6.49. The monoisotopic (exact) mass is 380 g/mol. The second kappa shape index (κ2) is 5.81. The van der Waals surface area contributed by atoms with Gasteiger partial charge >= 0.3 is 0 Å². The Morgan fingerprint density at radius 1 is 0.857 bits per heavy atom. The van der Waals surface area contributed by atoms with Gasteiger partial charge in [0.2, 0.25) is 0 Å². The molecule has 0 radical (unpaired) electrons. The molecule has 0 aliphatic carbocycles. The van der Waals surface area contributed by atoms with Gasteiger partial charge < -0.3 is 4.74 Å². The van der Waals surface area contributed by atoms with Gasteiger partial charge in [-0.15, -0.1) is 11.3 Å². The maximum atomic E-state index is 5.35. The molecular formula is C24H16N2OS. The van der Waals surface area contributed by atoms with Gasteiger partial charge in [0.05, 0.1) is 28.5 Å². The lowest BCUT2D eigenvalue weighted by Crippen LogP contribution is -1.93. The summed E-state index contributed by atoms with van der Waals surface area (Å²) in [7, 11) is 1.69. The smallest absolute Gasteiger partial charge is 0.156 e. The predicted molar refractivity (Wildman–Crippen MR) is 118 cm³/mol. The Hall–Kier alpha value is -3.37. The molecule has 0 atom stereocenters. The second-order valence-corrected chi connectivity index (χ2v) is 7.91. The fourth-order valence-corrected chi connectivity index (χ4v) is 5.13. The molecule has 0 aliphatic heterocycles. The summed E-state index contributed by atoms with van der Waals surface area (Å²) in [5, 5.41) is 2.54. The minimum absolute atomic E-state index is 0.859. The van der Waals surface area contributed by atoms with E-state index in [2.05, 4.69) is 65.1 Å². The van der Waals surface area contributed by atoms with E-state index < -0.39 is 0 Å². The van der Waals surface area contributed by atoms with Crippen LogP contribution >= 0.6 is 11.3 Å². The highest BCUT2D eigenvalue weighted by Crippen LogP contribution is 2.40. The largest absolute Gasteiger partial charge is 0.497 e. The number of hydrogen-bond acceptors (Lipinski definition) is 3. The van der Waals surface area contributed by atoms with Crippen LogP contribution in [-0.2, 0) is 0 Å². The lowest BCUT2D eigenvalue weighted by molar-refractivity contribution is 0.415. The molecule has 134 valence electrons. The van der Waals surface area contributed by atoms with Crippen molar-refractivity contribution in [3.63, 3.8) is 0 Å². The molecule has 28 heavy (non-hydrogen) atoms. The average molecular weight is 380 g/mol. The SMILES string of the molecule is COc1ccc(-c2cc3c4ccccc4sc3c3nc4ccccc4n23)cc1. The standard InChI is InChI=1S/C24H16N2OS/c1-27-16-12-10-15(11-13-16)21-14-18-17-6-2-5-9-22(17)28-23(18)24-25-19-7-3-4-8-20(19)26(21)24/h2-14H,1H3. The molecule has 0 spiro atoms. The van der Waals surface area contributed by atoms with Crippen molar-refractivity contribution in [3.05, 3.63) is 78.9 Å². The highest BCUT2D eigenvalue weighted by Gasteiger charge is 2.17. The summed E-state index contributed by atoms with van der Waals surface area (Å²) in [6, 6.07) is 27.5. The fourth-order valence-electron chi connectivity index (χ4n) is 3.97. The first-order chi connectivity index (χ1) is 13.8. The quantitative estimate of drug-likeness (QED) is 0.341. The maximum Gasteiger partial charge on any atom is 0.156 e. The Balaban J connectivity index is 1.82. The second-order valence-electron chi connectivity index (χ2n) is 6.86. The third kappa shape index (κ3) is 2.12. The highest BCUT2D eigenvalue weighted by atomic mass is 32.1. The van der Waals surface area contributed by atoms with Gasteiger partial charge in [-0.25, -0.2) is 4.98 Å². The van der Waals surface area contributed by atoms with Crippen molar-refractivity contribution < 1.29 is 4.74 Å². The van der Waals surface area contributed by atoms with E-state index >= 15 is 0 Å². The van der Waals surface area contributed by atoms with Gasteiger partial charge in [0.25, 0.3) is 0 Å². The molecule has 0 fully saturated rings. The van der Waals surface area contributed by atoms with Crippen molar-refractivity contribution in [3.8, 4) is 17.0 Å². The van der Waals surface area contributed by atoms with Gasteiger partial charge in [-0.1, -0.05) is 30.3 Å². The van der Waals surface area contributed by atoms with Crippen molar-refractivity contribution in [2.75, 3.05) is 7.11 Å². The van der Waals surface area contributed by atoms with Crippen LogP contribution < -0.4 is 4.74 Å². The zero-order valence-electron chi connectivity index (χ0n) is 15.2. The predicted octanol–water partition coefficient (Wildman–Crippen LogP) is 6.53. The van der Waals surface area contributed by atoms with Crippen LogP contribution in [0.1, 0.15) is 0 Å². The van der Waals surface area contributed by atoms with Crippen LogP contribution in [-0.4, -0.2) is 16.5 Å². The number of rotatable bonds is 2. The molecule has 0 saturated carbocycles. The van der Waals surface area contributed by atoms with Gasteiger partial charge in [-0.05, 0) is 54.1 Å². The number of aromatic nitrogens is 2. The summed E-state index contributed by atoms with van der Waals surface area (Å²) >= 11 is 1.81. The van der Waals surface area contributed by atoms with Crippen molar-refractivity contribution >= 4 is 48.2 Å². The molecule has 3 aromatic heterocycles. The number of imidazole rings is 1. The molecule has 0 bridgehead atoms. The Morgan fingerprint density at radius 2 is 1.64 bits per heavy atom. The van der Waals surface area contributed by atoms with Crippen molar-refractivity contribution in [2.24, 2.45) is 0 Å². The van der Waals surface area contributed by atoms with Gasteiger partial charge in [-0.2, -0.15) is 0 Å². The molecule has 0 aliphatic rings. The molecule has 3 nitrogen and oxygen atoms in total. The lowest BCUT2D eigenvalue weighted by atomic mass is 10.1. The number of thiophene rings is 1. The number of fused-ring (bicyclic) bond motifs is 7. The van der Waals surface area contributed by atoms with E-state index in [-0.39, 0.29) is 0 Å². The molecule has 6 aromatic rings. The van der Waals surface area contributed by atoms with Crippen molar-refractivity contribution in [1.29, 1.82) is 0 Å². The number of nitrogens with zero attached hydrogens (tertiary/aromatic N) is 2. The van der Waals surface area contributed by atoms with Crippen molar-refractivity contribution in [2.45, 2.75) is 0 Å². The number of methoxy groups -OCH3 is 1. The van der Waals surface area contributed by atoms with Gasteiger partial charge in [0, 0.05) is 15.5 Å². The van der Waals surface area contributed by atoms with Crippen LogP contribution in [0.4, 0.5) is 0 Å². The summed E-state index contributed by atoms with van der Waals surface area (Å²) in [4.78, 5) is 5.01. The van der Waals surface area contributed by atoms with Gasteiger partial charge in [-0.3, -0.25) is 4.40 Å². The van der Waals surface area contributed by atoms with E-state index in [0.717, 1.165) is 33.7 Å². The number of ether oxygens (including phenoxy) is 1. The topological polar surface area (TPSA) is 26.5 Å². The molecule has 3 heterocycles. The zero-order chi connectivity index (χ0) is 18.7. The van der Waals surface area contributed by atoms with Crippen LogP contribution in [0.2, 0.25) is 0 Å². The lowest BCUT2D eigenvalue weighted by Gasteiger charge is -2.09. The Morgan fingerprint density at radius 3 is 2.50 bits per heavy atom. The fraction of sp³-hybridized carbons (Fsp3) is 0.0417. The summed E-state index contributed by atoms with van der Waals surface area (Å²) in [6.45, 7) is 0. The Bertz CT molecular complexity index is 1490. The molecule has 0 saturated heterocycles. The van der Waals surface area contributed by atoms with E-state index in [1.54, 1.807) is 7.11 Å². The molecule has 0 unspecified atom stereocenters. The van der Waals surface area contributed by atoms with E-state index in [0.29, 0.717) is 0 Å². The molecule has 4 heteroatoms. The molecule has 0 amide bonds.